The summed E-state index contributed by atoms with van der Waals surface area (Å²) < 4.78 is 11.5. The van der Waals surface area contributed by atoms with Crippen LogP contribution >= 0.6 is 0 Å². The van der Waals surface area contributed by atoms with E-state index in [4.69, 9.17) is 9.26 Å². The summed E-state index contributed by atoms with van der Waals surface area (Å²) in [5.41, 5.74) is 3.35. The number of hydrogen-bond donors (Lipinski definition) is 2. The van der Waals surface area contributed by atoms with Crippen molar-refractivity contribution in [2.75, 3.05) is 0 Å². The number of rotatable bonds is 6. The number of aryl methyl sites for hydroxylation is 1. The highest BCUT2D eigenvalue weighted by Gasteiger charge is 2.42. The van der Waals surface area contributed by atoms with Crippen LogP contribution in [0.4, 0.5) is 4.79 Å². The van der Waals surface area contributed by atoms with E-state index in [-0.39, 0.29) is 12.3 Å². The van der Waals surface area contributed by atoms with Crippen molar-refractivity contribution in [1.29, 1.82) is 0 Å². The van der Waals surface area contributed by atoms with Gasteiger partial charge in [0.25, 0.3) is 5.91 Å². The van der Waals surface area contributed by atoms with Gasteiger partial charge < -0.3 is 14.6 Å². The Bertz CT molecular complexity index is 1360. The first-order valence-corrected chi connectivity index (χ1v) is 10.6. The van der Waals surface area contributed by atoms with Crippen molar-refractivity contribution < 1.29 is 18.8 Å². The summed E-state index contributed by atoms with van der Waals surface area (Å²) in [7, 11) is 0. The first-order chi connectivity index (χ1) is 15.9. The minimum absolute atomic E-state index is 0.231. The fourth-order valence-corrected chi connectivity index (χ4v) is 3.99. The van der Waals surface area contributed by atoms with Gasteiger partial charge in [-0.2, -0.15) is 0 Å². The van der Waals surface area contributed by atoms with Gasteiger partial charge in [-0.15, -0.1) is 0 Å². The number of carbonyl (C=O) groups is 2. The Morgan fingerprint density at radius 1 is 1.06 bits per heavy atom. The lowest BCUT2D eigenvalue weighted by atomic mass is 9.96. The predicted molar refractivity (Wildman–Crippen MR) is 122 cm³/mol. The fourth-order valence-electron chi connectivity index (χ4n) is 3.99. The molecule has 166 valence electrons. The molecule has 1 aliphatic heterocycles. The van der Waals surface area contributed by atoms with E-state index < -0.39 is 11.6 Å². The Morgan fingerprint density at radius 3 is 2.61 bits per heavy atom. The van der Waals surface area contributed by atoms with Gasteiger partial charge in [0.1, 0.15) is 17.9 Å². The maximum Gasteiger partial charge on any atom is 0.322 e. The van der Waals surface area contributed by atoms with Gasteiger partial charge in [0, 0.05) is 34.7 Å². The van der Waals surface area contributed by atoms with Gasteiger partial charge in [0.05, 0.1) is 11.2 Å². The quantitative estimate of drug-likeness (QED) is 0.439. The molecule has 2 aromatic heterocycles. The molecule has 8 heteroatoms. The van der Waals surface area contributed by atoms with Crippen molar-refractivity contribution in [3.63, 3.8) is 0 Å². The summed E-state index contributed by atoms with van der Waals surface area (Å²) in [5, 5.41) is 10.0. The molecule has 33 heavy (non-hydrogen) atoms. The van der Waals surface area contributed by atoms with Crippen LogP contribution in [-0.4, -0.2) is 27.6 Å². The standard InChI is InChI=1S/C25H22N4O4/c1-15-11-17(20-5-3-4-6-21(20)26-15)14-32-19-9-7-16(8-10-19)22-12-18(29-33-22)13-25(2)23(30)27-24(31)28-25/h3-12H,13-14H2,1-2H3,(H2,27,28,30,31). The van der Waals surface area contributed by atoms with Crippen LogP contribution in [0.1, 0.15) is 23.9 Å². The number of benzene rings is 2. The molecule has 3 amide bonds. The molecule has 0 aliphatic carbocycles. The molecule has 1 saturated heterocycles. The largest absolute Gasteiger partial charge is 0.489 e. The topological polar surface area (TPSA) is 106 Å². The SMILES string of the molecule is Cc1cc(COc2ccc(-c3cc(CC4(C)NC(=O)NC4=O)no3)cc2)c2ccccc2n1. The second-order valence-electron chi connectivity index (χ2n) is 8.35. The smallest absolute Gasteiger partial charge is 0.322 e. The summed E-state index contributed by atoms with van der Waals surface area (Å²) in [6.45, 7) is 4.06. The molecule has 2 N–H and O–H groups in total. The molecule has 0 saturated carbocycles. The number of urea groups is 1. The van der Waals surface area contributed by atoms with E-state index in [1.54, 1.807) is 13.0 Å². The molecule has 1 aliphatic rings. The molecule has 0 bridgehead atoms. The van der Waals surface area contributed by atoms with Crippen molar-refractivity contribution in [1.82, 2.24) is 20.8 Å². The first-order valence-electron chi connectivity index (χ1n) is 10.6. The number of aromatic nitrogens is 2. The van der Waals surface area contributed by atoms with Crippen LogP contribution in [0.5, 0.6) is 5.75 Å². The number of amides is 3. The van der Waals surface area contributed by atoms with Crippen LogP contribution in [0, 0.1) is 6.92 Å². The molecule has 0 radical (unpaired) electrons. The van der Waals surface area contributed by atoms with Crippen LogP contribution in [0.2, 0.25) is 0 Å². The number of ether oxygens (including phenoxy) is 1. The lowest BCUT2D eigenvalue weighted by Crippen LogP contribution is -2.45. The number of nitrogens with one attached hydrogen (secondary N) is 2. The normalized spacial score (nSPS) is 17.8. The third kappa shape index (κ3) is 4.15. The average Bonchev–Trinajstić information content (AvgIpc) is 3.35. The van der Waals surface area contributed by atoms with Crippen LogP contribution in [-0.2, 0) is 17.8 Å². The molecule has 3 heterocycles. The third-order valence-corrected chi connectivity index (χ3v) is 5.67. The van der Waals surface area contributed by atoms with Crippen LogP contribution < -0.4 is 15.4 Å². The molecule has 1 unspecified atom stereocenters. The molecule has 5 rings (SSSR count). The maximum atomic E-state index is 12.0. The van der Waals surface area contributed by atoms with Gasteiger partial charge in [0.2, 0.25) is 0 Å². The molecule has 1 atom stereocenters. The average molecular weight is 442 g/mol. The number of nitrogens with zero attached hydrogens (tertiary/aromatic N) is 2. The van der Waals surface area contributed by atoms with E-state index in [1.807, 2.05) is 61.5 Å². The highest BCUT2D eigenvalue weighted by atomic mass is 16.5. The Hall–Kier alpha value is -4.20. The molecule has 1 fully saturated rings. The monoisotopic (exact) mass is 442 g/mol. The third-order valence-electron chi connectivity index (χ3n) is 5.67. The van der Waals surface area contributed by atoms with Crippen molar-refractivity contribution in [2.24, 2.45) is 0 Å². The minimum Gasteiger partial charge on any atom is -0.489 e. The summed E-state index contributed by atoms with van der Waals surface area (Å²) in [6.07, 6.45) is 0.231. The van der Waals surface area contributed by atoms with Gasteiger partial charge >= 0.3 is 6.03 Å². The maximum absolute atomic E-state index is 12.0. The van der Waals surface area contributed by atoms with E-state index in [0.717, 1.165) is 33.5 Å². The molecule has 2 aromatic carbocycles. The number of para-hydroxylation sites is 1. The van der Waals surface area contributed by atoms with E-state index >= 15 is 0 Å². The van der Waals surface area contributed by atoms with E-state index in [0.29, 0.717) is 18.1 Å². The zero-order chi connectivity index (χ0) is 23.0. The Labute approximate surface area is 189 Å². The zero-order valence-corrected chi connectivity index (χ0v) is 18.2. The van der Waals surface area contributed by atoms with Crippen LogP contribution in [0.15, 0.2) is 65.2 Å². The Kier molecular flexibility index (Phi) is 5.05. The zero-order valence-electron chi connectivity index (χ0n) is 18.2. The van der Waals surface area contributed by atoms with E-state index in [9.17, 15) is 9.59 Å². The van der Waals surface area contributed by atoms with Crippen LogP contribution in [0.25, 0.3) is 22.2 Å². The second kappa shape index (κ2) is 8.05. The number of carbonyl (C=O) groups excluding carboxylic acids is 2. The molecular formula is C25H22N4O4. The number of hydrogen-bond acceptors (Lipinski definition) is 6. The second-order valence-corrected chi connectivity index (χ2v) is 8.35. The minimum atomic E-state index is -1.04. The lowest BCUT2D eigenvalue weighted by molar-refractivity contribution is -0.123. The summed E-state index contributed by atoms with van der Waals surface area (Å²) in [6, 6.07) is 18.9. The van der Waals surface area contributed by atoms with Crippen molar-refractivity contribution in [2.45, 2.75) is 32.4 Å². The first kappa shape index (κ1) is 20.7. The predicted octanol–water partition coefficient (Wildman–Crippen LogP) is 3.92. The summed E-state index contributed by atoms with van der Waals surface area (Å²) >= 11 is 0. The molecule has 8 nitrogen and oxygen atoms in total. The van der Waals surface area contributed by atoms with Gasteiger partial charge in [-0.05, 0) is 50.2 Å². The van der Waals surface area contributed by atoms with E-state index in [2.05, 4.69) is 20.8 Å². The van der Waals surface area contributed by atoms with Gasteiger partial charge in [0.15, 0.2) is 5.76 Å². The number of fused-ring (bicyclic) bond motifs is 1. The van der Waals surface area contributed by atoms with E-state index in [1.165, 1.54) is 0 Å². The number of imide groups is 1. The van der Waals surface area contributed by atoms with Gasteiger partial charge in [-0.1, -0.05) is 23.4 Å². The van der Waals surface area contributed by atoms with Crippen molar-refractivity contribution in [3.05, 3.63) is 77.6 Å². The highest BCUT2D eigenvalue weighted by molar-refractivity contribution is 6.06. The summed E-state index contributed by atoms with van der Waals surface area (Å²) in [4.78, 5) is 28.0. The van der Waals surface area contributed by atoms with Crippen LogP contribution in [0.3, 0.4) is 0 Å². The molecule has 4 aromatic rings. The van der Waals surface area contributed by atoms with Crippen molar-refractivity contribution >= 4 is 22.8 Å². The van der Waals surface area contributed by atoms with Crippen molar-refractivity contribution in [3.8, 4) is 17.1 Å². The van der Waals surface area contributed by atoms with Gasteiger partial charge in [-0.25, -0.2) is 4.79 Å². The molecule has 0 spiro atoms. The molecular weight excluding hydrogens is 420 g/mol. The lowest BCUT2D eigenvalue weighted by Gasteiger charge is -2.18. The Balaban J connectivity index is 1.27. The highest BCUT2D eigenvalue weighted by Crippen LogP contribution is 2.26. The summed E-state index contributed by atoms with van der Waals surface area (Å²) in [5.74, 6) is 0.922. The fraction of sp³-hybridized carbons (Fsp3) is 0.200. The number of pyridine rings is 1. The van der Waals surface area contributed by atoms with Gasteiger partial charge in [-0.3, -0.25) is 15.1 Å². The Morgan fingerprint density at radius 2 is 1.85 bits per heavy atom.